The molecule has 0 aromatic heterocycles. The van der Waals surface area contributed by atoms with Gasteiger partial charge in [-0.2, -0.15) is 0 Å². The standard InChI is InChI=1S/C17H34O2/c1-2-3-4-11-14-17(19)15-12-9-7-5-6-8-10-13-16-18/h18H,2-16H2,1H3. The molecule has 0 saturated carbocycles. The maximum absolute atomic E-state index is 11.6. The summed E-state index contributed by atoms with van der Waals surface area (Å²) >= 11 is 0. The number of aliphatic hydroxyl groups is 1. The van der Waals surface area contributed by atoms with Gasteiger partial charge in [0.05, 0.1) is 0 Å². The van der Waals surface area contributed by atoms with Crippen molar-refractivity contribution in [2.75, 3.05) is 6.61 Å². The fraction of sp³-hybridized carbons (Fsp3) is 0.941. The van der Waals surface area contributed by atoms with Crippen LogP contribution in [0.5, 0.6) is 0 Å². The quantitative estimate of drug-likeness (QED) is 0.424. The fourth-order valence-electron chi connectivity index (χ4n) is 2.37. The van der Waals surface area contributed by atoms with E-state index in [0.29, 0.717) is 12.4 Å². The maximum Gasteiger partial charge on any atom is 0.132 e. The lowest BCUT2D eigenvalue weighted by Gasteiger charge is -2.02. The Hall–Kier alpha value is -0.370. The Morgan fingerprint density at radius 2 is 1.11 bits per heavy atom. The minimum Gasteiger partial charge on any atom is -0.396 e. The van der Waals surface area contributed by atoms with Gasteiger partial charge in [-0.3, -0.25) is 4.79 Å². The van der Waals surface area contributed by atoms with Crippen LogP contribution in [0, 0.1) is 0 Å². The summed E-state index contributed by atoms with van der Waals surface area (Å²) in [5, 5.41) is 8.65. The highest BCUT2D eigenvalue weighted by molar-refractivity contribution is 5.78. The molecule has 0 rings (SSSR count). The van der Waals surface area contributed by atoms with Crippen LogP contribution in [0.1, 0.15) is 96.8 Å². The van der Waals surface area contributed by atoms with Crippen molar-refractivity contribution < 1.29 is 9.90 Å². The topological polar surface area (TPSA) is 37.3 Å². The Balaban J connectivity index is 3.10. The lowest BCUT2D eigenvalue weighted by Crippen LogP contribution is -1.97. The van der Waals surface area contributed by atoms with Crippen LogP contribution in [-0.2, 0) is 4.79 Å². The number of aliphatic hydroxyl groups excluding tert-OH is 1. The summed E-state index contributed by atoms with van der Waals surface area (Å²) < 4.78 is 0. The molecule has 0 bridgehead atoms. The molecule has 0 unspecified atom stereocenters. The van der Waals surface area contributed by atoms with Gasteiger partial charge < -0.3 is 5.11 Å². The van der Waals surface area contributed by atoms with Crippen LogP contribution in [0.15, 0.2) is 0 Å². The minimum atomic E-state index is 0.334. The summed E-state index contributed by atoms with van der Waals surface area (Å²) in [4.78, 5) is 11.6. The molecular formula is C17H34O2. The SMILES string of the molecule is CCCCCCC(=O)CCCCCCCCCCO. The number of carbonyl (C=O) groups is 1. The van der Waals surface area contributed by atoms with Gasteiger partial charge in [-0.15, -0.1) is 0 Å². The summed E-state index contributed by atoms with van der Waals surface area (Å²) in [5.74, 6) is 0.471. The molecule has 0 atom stereocenters. The van der Waals surface area contributed by atoms with Crippen LogP contribution in [0.2, 0.25) is 0 Å². The highest BCUT2D eigenvalue weighted by Crippen LogP contribution is 2.11. The van der Waals surface area contributed by atoms with Crippen molar-refractivity contribution in [3.63, 3.8) is 0 Å². The third kappa shape index (κ3) is 15.6. The van der Waals surface area contributed by atoms with E-state index in [4.69, 9.17) is 5.11 Å². The van der Waals surface area contributed by atoms with Crippen LogP contribution in [0.4, 0.5) is 0 Å². The molecule has 0 fully saturated rings. The normalized spacial score (nSPS) is 10.8. The molecule has 1 N–H and O–H groups in total. The first kappa shape index (κ1) is 18.6. The molecule has 2 heteroatoms. The summed E-state index contributed by atoms with van der Waals surface area (Å²) in [5.41, 5.74) is 0. The van der Waals surface area contributed by atoms with E-state index < -0.39 is 0 Å². The molecule has 0 aliphatic carbocycles. The fourth-order valence-corrected chi connectivity index (χ4v) is 2.37. The first-order valence-electron chi connectivity index (χ1n) is 8.43. The average molecular weight is 270 g/mol. The van der Waals surface area contributed by atoms with E-state index in [2.05, 4.69) is 6.92 Å². The number of ketones is 1. The monoisotopic (exact) mass is 270 g/mol. The number of rotatable bonds is 15. The lowest BCUT2D eigenvalue weighted by molar-refractivity contribution is -0.119. The molecule has 0 aliphatic heterocycles. The predicted molar refractivity (Wildman–Crippen MR) is 82.4 cm³/mol. The zero-order valence-electron chi connectivity index (χ0n) is 13.0. The van der Waals surface area contributed by atoms with Crippen molar-refractivity contribution in [2.45, 2.75) is 96.8 Å². The van der Waals surface area contributed by atoms with Crippen molar-refractivity contribution in [1.82, 2.24) is 0 Å². The summed E-state index contributed by atoms with van der Waals surface area (Å²) in [6, 6.07) is 0. The minimum absolute atomic E-state index is 0.334. The molecule has 0 heterocycles. The van der Waals surface area contributed by atoms with Gasteiger partial charge in [0.25, 0.3) is 0 Å². The van der Waals surface area contributed by atoms with Gasteiger partial charge >= 0.3 is 0 Å². The third-order valence-electron chi connectivity index (χ3n) is 3.67. The van der Waals surface area contributed by atoms with Crippen molar-refractivity contribution in [3.8, 4) is 0 Å². The van der Waals surface area contributed by atoms with Gasteiger partial charge in [0.1, 0.15) is 5.78 Å². The third-order valence-corrected chi connectivity index (χ3v) is 3.67. The number of carbonyl (C=O) groups excluding carboxylic acids is 1. The van der Waals surface area contributed by atoms with Crippen LogP contribution >= 0.6 is 0 Å². The van der Waals surface area contributed by atoms with E-state index >= 15 is 0 Å². The molecule has 0 aromatic rings. The first-order chi connectivity index (χ1) is 9.31. The molecular weight excluding hydrogens is 236 g/mol. The Labute approximate surface area is 120 Å². The van der Waals surface area contributed by atoms with Gasteiger partial charge in [-0.1, -0.05) is 64.7 Å². The van der Waals surface area contributed by atoms with Crippen LogP contribution < -0.4 is 0 Å². The lowest BCUT2D eigenvalue weighted by atomic mass is 10.0. The summed E-state index contributed by atoms with van der Waals surface area (Å²) in [6.45, 7) is 2.53. The van der Waals surface area contributed by atoms with Crippen LogP contribution in [-0.4, -0.2) is 17.5 Å². The Bertz CT molecular complexity index is 190. The van der Waals surface area contributed by atoms with E-state index in [1.165, 1.54) is 51.4 Å². The van der Waals surface area contributed by atoms with E-state index in [1.807, 2.05) is 0 Å². The molecule has 0 spiro atoms. The number of hydrogen-bond acceptors (Lipinski definition) is 2. The second-order valence-corrected chi connectivity index (χ2v) is 5.65. The van der Waals surface area contributed by atoms with Gasteiger partial charge in [0.2, 0.25) is 0 Å². The molecule has 0 saturated heterocycles. The first-order valence-corrected chi connectivity index (χ1v) is 8.43. The Morgan fingerprint density at radius 3 is 1.58 bits per heavy atom. The summed E-state index contributed by atoms with van der Waals surface area (Å²) in [6.07, 6.45) is 15.9. The average Bonchev–Trinajstić information content (AvgIpc) is 2.42. The smallest absolute Gasteiger partial charge is 0.132 e. The number of Topliss-reactive ketones (excluding diaryl/α,β-unsaturated/α-hetero) is 1. The Kier molecular flexibility index (Phi) is 15.4. The molecule has 2 nitrogen and oxygen atoms in total. The van der Waals surface area contributed by atoms with E-state index in [-0.39, 0.29) is 0 Å². The van der Waals surface area contributed by atoms with Crippen molar-refractivity contribution in [3.05, 3.63) is 0 Å². The highest BCUT2D eigenvalue weighted by atomic mass is 16.2. The largest absolute Gasteiger partial charge is 0.396 e. The molecule has 0 amide bonds. The van der Waals surface area contributed by atoms with Crippen molar-refractivity contribution in [2.24, 2.45) is 0 Å². The zero-order valence-corrected chi connectivity index (χ0v) is 13.0. The molecule has 114 valence electrons. The molecule has 0 aliphatic rings. The van der Waals surface area contributed by atoms with Gasteiger partial charge in [0, 0.05) is 19.4 Å². The van der Waals surface area contributed by atoms with Gasteiger partial charge in [-0.25, -0.2) is 0 Å². The predicted octanol–water partition coefficient (Wildman–Crippen LogP) is 5.03. The van der Waals surface area contributed by atoms with Crippen molar-refractivity contribution >= 4 is 5.78 Å². The van der Waals surface area contributed by atoms with E-state index in [1.54, 1.807) is 0 Å². The maximum atomic E-state index is 11.6. The Morgan fingerprint density at radius 1 is 0.684 bits per heavy atom. The number of unbranched alkanes of at least 4 members (excludes halogenated alkanes) is 10. The van der Waals surface area contributed by atoms with E-state index in [0.717, 1.165) is 38.5 Å². The number of hydrogen-bond donors (Lipinski definition) is 1. The van der Waals surface area contributed by atoms with Crippen LogP contribution in [0.3, 0.4) is 0 Å². The van der Waals surface area contributed by atoms with E-state index in [9.17, 15) is 4.79 Å². The molecule has 0 aromatic carbocycles. The second-order valence-electron chi connectivity index (χ2n) is 5.65. The molecule has 19 heavy (non-hydrogen) atoms. The summed E-state index contributed by atoms with van der Waals surface area (Å²) in [7, 11) is 0. The highest BCUT2D eigenvalue weighted by Gasteiger charge is 2.01. The zero-order chi connectivity index (χ0) is 14.2. The van der Waals surface area contributed by atoms with Gasteiger partial charge in [0.15, 0.2) is 0 Å². The van der Waals surface area contributed by atoms with Crippen molar-refractivity contribution in [1.29, 1.82) is 0 Å². The molecule has 0 radical (unpaired) electrons. The van der Waals surface area contributed by atoms with Gasteiger partial charge in [-0.05, 0) is 19.3 Å². The van der Waals surface area contributed by atoms with Crippen LogP contribution in [0.25, 0.3) is 0 Å². The second kappa shape index (κ2) is 15.7.